The summed E-state index contributed by atoms with van der Waals surface area (Å²) >= 11 is 0. The van der Waals surface area contributed by atoms with Crippen LogP contribution in [0, 0.1) is 17.8 Å². The van der Waals surface area contributed by atoms with Gasteiger partial charge >= 0.3 is 5.97 Å². The number of rotatable bonds is 2. The van der Waals surface area contributed by atoms with Crippen LogP contribution in [0.15, 0.2) is 58.7 Å². The van der Waals surface area contributed by atoms with Crippen LogP contribution in [0.5, 0.6) is 0 Å². The number of carbonyl (C=O) groups is 1. The number of aliphatic hydroxyl groups excluding tert-OH is 2. The summed E-state index contributed by atoms with van der Waals surface area (Å²) in [6.07, 6.45) is 9.65. The summed E-state index contributed by atoms with van der Waals surface area (Å²) in [6.45, 7) is 13.7. The van der Waals surface area contributed by atoms with Gasteiger partial charge in [-0.05, 0) is 82.4 Å². The Morgan fingerprint density at radius 1 is 1.12 bits per heavy atom. The Kier molecular flexibility index (Phi) is 10.6. The molecule has 11 atom stereocenters. The van der Waals surface area contributed by atoms with Crippen LogP contribution in [-0.2, 0) is 23.7 Å². The van der Waals surface area contributed by atoms with Crippen molar-refractivity contribution in [3.8, 4) is 0 Å². The standard InChI is InChI=1S/C35H52O8/c1-9-22(4)30-24(6)17-29(36)34(43-30)19-27-18-26(42-34)14-13-21(3)15-20(2)11-10-12-25(7)35(39)28(33(38)41-27)16-23(5)31(40-8)32(35)37/h9-13,16,20,24,26-32,36-37,39H,14-15,17-19H2,1-8H3/b11-10+,21-13+,22-9+,25-12+/t20-,24-,26+,27-,28-,29+,30+,31+,32?,34-,35+/m0/s1. The average molecular weight is 601 g/mol. The molecule has 3 N–H and O–H groups in total. The number of hydrogen-bond donors (Lipinski definition) is 3. The molecule has 0 aromatic rings. The van der Waals surface area contributed by atoms with Gasteiger partial charge in [0.2, 0.25) is 0 Å². The van der Waals surface area contributed by atoms with E-state index in [0.29, 0.717) is 30.4 Å². The largest absolute Gasteiger partial charge is 0.462 e. The van der Waals surface area contributed by atoms with Crippen molar-refractivity contribution in [2.75, 3.05) is 7.11 Å². The Morgan fingerprint density at radius 3 is 2.51 bits per heavy atom. The lowest BCUT2D eigenvalue weighted by Crippen LogP contribution is -2.62. The van der Waals surface area contributed by atoms with Crippen molar-refractivity contribution in [3.63, 3.8) is 0 Å². The van der Waals surface area contributed by atoms with Crippen molar-refractivity contribution >= 4 is 5.97 Å². The van der Waals surface area contributed by atoms with Crippen LogP contribution in [0.2, 0.25) is 0 Å². The number of methoxy groups -OCH3 is 1. The van der Waals surface area contributed by atoms with E-state index in [0.717, 1.165) is 12.0 Å². The lowest BCUT2D eigenvalue weighted by Gasteiger charge is -2.52. The summed E-state index contributed by atoms with van der Waals surface area (Å²) in [7, 11) is 1.47. The molecule has 0 aromatic carbocycles. The van der Waals surface area contributed by atoms with Crippen molar-refractivity contribution in [2.24, 2.45) is 17.8 Å². The molecule has 8 heteroatoms. The molecule has 43 heavy (non-hydrogen) atoms. The third kappa shape index (κ3) is 6.80. The average Bonchev–Trinajstić information content (AvgIpc) is 2.95. The van der Waals surface area contributed by atoms with E-state index < -0.39 is 47.7 Å². The molecule has 4 aliphatic rings. The summed E-state index contributed by atoms with van der Waals surface area (Å²) < 4.78 is 25.0. The first-order valence-electron chi connectivity index (χ1n) is 15.7. The Balaban J connectivity index is 1.78. The van der Waals surface area contributed by atoms with Gasteiger partial charge in [0.05, 0.1) is 12.2 Å². The zero-order valence-corrected chi connectivity index (χ0v) is 27.1. The Bertz CT molecular complexity index is 1180. The van der Waals surface area contributed by atoms with E-state index in [4.69, 9.17) is 18.9 Å². The van der Waals surface area contributed by atoms with Crippen molar-refractivity contribution in [2.45, 2.75) is 129 Å². The summed E-state index contributed by atoms with van der Waals surface area (Å²) in [5.74, 6) is -2.86. The van der Waals surface area contributed by atoms with Crippen LogP contribution in [0.1, 0.15) is 80.6 Å². The minimum Gasteiger partial charge on any atom is -0.462 e. The molecule has 2 saturated heterocycles. The zero-order valence-electron chi connectivity index (χ0n) is 27.1. The van der Waals surface area contributed by atoms with Crippen LogP contribution in [0.25, 0.3) is 0 Å². The second-order valence-corrected chi connectivity index (χ2v) is 13.4. The molecule has 240 valence electrons. The third-order valence-corrected chi connectivity index (χ3v) is 9.93. The van der Waals surface area contributed by atoms with E-state index in [-0.39, 0.29) is 30.5 Å². The Hall–Kier alpha value is -2.07. The molecule has 0 amide bonds. The number of hydrogen-bond acceptors (Lipinski definition) is 8. The van der Waals surface area contributed by atoms with Gasteiger partial charge in [-0.3, -0.25) is 4.79 Å². The quantitative estimate of drug-likeness (QED) is 0.297. The van der Waals surface area contributed by atoms with Crippen molar-refractivity contribution in [3.05, 3.63) is 58.7 Å². The van der Waals surface area contributed by atoms with Gasteiger partial charge < -0.3 is 34.3 Å². The minimum atomic E-state index is -1.95. The predicted molar refractivity (Wildman–Crippen MR) is 165 cm³/mol. The highest BCUT2D eigenvalue weighted by Gasteiger charge is 2.57. The van der Waals surface area contributed by atoms with Crippen LogP contribution >= 0.6 is 0 Å². The molecule has 4 rings (SSSR count). The van der Waals surface area contributed by atoms with E-state index >= 15 is 0 Å². The van der Waals surface area contributed by atoms with Crippen LogP contribution < -0.4 is 0 Å². The van der Waals surface area contributed by atoms with Gasteiger partial charge in [0, 0.05) is 20.0 Å². The molecule has 2 fully saturated rings. The van der Waals surface area contributed by atoms with Crippen LogP contribution in [-0.4, -0.2) is 76.4 Å². The highest BCUT2D eigenvalue weighted by molar-refractivity contribution is 5.78. The van der Waals surface area contributed by atoms with Gasteiger partial charge in [-0.1, -0.05) is 55.9 Å². The molecule has 8 nitrogen and oxygen atoms in total. The molecule has 3 heterocycles. The summed E-state index contributed by atoms with van der Waals surface area (Å²) in [5, 5.41) is 35.0. The van der Waals surface area contributed by atoms with Gasteiger partial charge in [-0.2, -0.15) is 0 Å². The first-order valence-corrected chi connectivity index (χ1v) is 15.7. The fourth-order valence-electron chi connectivity index (χ4n) is 7.31. The third-order valence-electron chi connectivity index (χ3n) is 9.93. The van der Waals surface area contributed by atoms with E-state index in [1.165, 1.54) is 12.7 Å². The SMILES string of the molecule is C/C=C(\C)[C@H]1O[C@@]2(C[C@@H]3C[C@@H](C/C=C(\C)C[C@@H](C)/C=C/C=C(\C)[C@]4(O)C(O)[C@H](OC)C(C)=C[C@H]4C(=O)O3)O2)[C@H](O)C[C@@H]1C. The molecule has 0 saturated carbocycles. The first kappa shape index (κ1) is 33.8. The maximum Gasteiger partial charge on any atom is 0.316 e. The molecule has 3 aliphatic heterocycles. The molecular formula is C35H52O8. The second kappa shape index (κ2) is 13.5. The summed E-state index contributed by atoms with van der Waals surface area (Å²) in [5.41, 5.74) is 1.38. The fourth-order valence-corrected chi connectivity index (χ4v) is 7.31. The summed E-state index contributed by atoms with van der Waals surface area (Å²) in [6, 6.07) is 0. The highest BCUT2D eigenvalue weighted by atomic mass is 16.7. The monoisotopic (exact) mass is 600 g/mol. The fraction of sp³-hybridized carbons (Fsp3) is 0.686. The number of fused-ring (bicyclic) bond motifs is 3. The van der Waals surface area contributed by atoms with Gasteiger partial charge in [-0.15, -0.1) is 0 Å². The number of allylic oxidation sites excluding steroid dienone is 5. The maximum atomic E-state index is 14.0. The zero-order chi connectivity index (χ0) is 31.7. The molecule has 0 aromatic heterocycles. The van der Waals surface area contributed by atoms with E-state index in [9.17, 15) is 20.1 Å². The summed E-state index contributed by atoms with van der Waals surface area (Å²) in [4.78, 5) is 14.0. The number of aliphatic hydroxyl groups is 3. The Morgan fingerprint density at radius 2 is 1.84 bits per heavy atom. The molecule has 1 aliphatic carbocycles. The number of esters is 1. The lowest BCUT2D eigenvalue weighted by atomic mass is 9.69. The van der Waals surface area contributed by atoms with Gasteiger partial charge in [-0.25, -0.2) is 0 Å². The van der Waals surface area contributed by atoms with E-state index in [1.54, 1.807) is 26.0 Å². The topological polar surface area (TPSA) is 115 Å². The molecule has 1 spiro atoms. The number of carbonyl (C=O) groups excluding carboxylic acids is 1. The van der Waals surface area contributed by atoms with Crippen LogP contribution in [0.4, 0.5) is 0 Å². The normalized spacial score (nSPS) is 46.5. The Labute approximate surface area is 257 Å². The minimum absolute atomic E-state index is 0.0827. The molecular weight excluding hydrogens is 548 g/mol. The van der Waals surface area contributed by atoms with Gasteiger partial charge in [0.25, 0.3) is 0 Å². The van der Waals surface area contributed by atoms with Crippen LogP contribution in [0.3, 0.4) is 0 Å². The maximum absolute atomic E-state index is 14.0. The lowest BCUT2D eigenvalue weighted by molar-refractivity contribution is -0.363. The van der Waals surface area contributed by atoms with Crippen molar-refractivity contribution in [1.29, 1.82) is 0 Å². The smallest absolute Gasteiger partial charge is 0.316 e. The van der Waals surface area contributed by atoms with E-state index in [2.05, 4.69) is 26.8 Å². The van der Waals surface area contributed by atoms with Gasteiger partial charge in [0.15, 0.2) is 5.79 Å². The first-order chi connectivity index (χ1) is 20.2. The predicted octanol–water partition coefficient (Wildman–Crippen LogP) is 5.09. The van der Waals surface area contributed by atoms with Gasteiger partial charge in [0.1, 0.15) is 35.9 Å². The van der Waals surface area contributed by atoms with Crippen molar-refractivity contribution < 1.29 is 39.1 Å². The van der Waals surface area contributed by atoms with Crippen molar-refractivity contribution in [1.82, 2.24) is 0 Å². The van der Waals surface area contributed by atoms with E-state index in [1.807, 2.05) is 32.1 Å². The molecule has 1 unspecified atom stereocenters. The number of ether oxygens (including phenoxy) is 4. The molecule has 0 radical (unpaired) electrons. The second-order valence-electron chi connectivity index (χ2n) is 13.4. The molecule has 2 bridgehead atoms. The highest BCUT2D eigenvalue weighted by Crippen LogP contribution is 2.46.